The van der Waals surface area contributed by atoms with Gasteiger partial charge in [-0.3, -0.25) is 4.79 Å². The van der Waals surface area contributed by atoms with E-state index < -0.39 is 15.7 Å². The van der Waals surface area contributed by atoms with Crippen LogP contribution in [0.1, 0.15) is 12.5 Å². The minimum Gasteiger partial charge on any atom is -0.378 e. The molecule has 28 heavy (non-hydrogen) atoms. The molecule has 2 aromatic rings. The number of carbonyl (C=O) groups is 1. The van der Waals surface area contributed by atoms with Gasteiger partial charge in [-0.05, 0) is 25.1 Å². The van der Waals surface area contributed by atoms with E-state index in [9.17, 15) is 13.2 Å². The smallest absolute Gasteiger partial charge is 0.268 e. The fourth-order valence-electron chi connectivity index (χ4n) is 3.73. The summed E-state index contributed by atoms with van der Waals surface area (Å²) in [5.74, 6) is -0.455. The van der Waals surface area contributed by atoms with Crippen LogP contribution in [-0.2, 0) is 19.4 Å². The molecule has 2 aliphatic heterocycles. The summed E-state index contributed by atoms with van der Waals surface area (Å²) in [5, 5.41) is 0. The Bertz CT molecular complexity index is 1030. The molecule has 6 nitrogen and oxygen atoms in total. The summed E-state index contributed by atoms with van der Waals surface area (Å²) in [5.41, 5.74) is 1.88. The molecular weight excluding hydrogens is 376 g/mol. The van der Waals surface area contributed by atoms with Gasteiger partial charge >= 0.3 is 0 Å². The molecule has 0 bridgehead atoms. The molecule has 1 fully saturated rings. The summed E-state index contributed by atoms with van der Waals surface area (Å²) >= 11 is 0. The molecule has 0 radical (unpaired) electrons. The molecule has 146 valence electrons. The highest BCUT2D eigenvalue weighted by Gasteiger charge is 2.43. The average molecular weight is 398 g/mol. The van der Waals surface area contributed by atoms with Crippen molar-refractivity contribution in [2.24, 2.45) is 0 Å². The SMILES string of the molecule is CCN(C1=C(C(=O)N2CCOCC2)S(=O)(=O)c2ccccc21)c1ccccc1. The van der Waals surface area contributed by atoms with E-state index in [1.807, 2.05) is 42.2 Å². The zero-order valence-electron chi connectivity index (χ0n) is 15.7. The molecule has 0 aliphatic carbocycles. The second-order valence-electron chi connectivity index (χ2n) is 6.66. The Balaban J connectivity index is 1.93. The molecule has 1 amide bonds. The number of anilines is 1. The number of amides is 1. The number of hydrogen-bond acceptors (Lipinski definition) is 5. The van der Waals surface area contributed by atoms with Gasteiger partial charge in [-0.15, -0.1) is 0 Å². The third kappa shape index (κ3) is 3.00. The van der Waals surface area contributed by atoms with Gasteiger partial charge in [0, 0.05) is 30.9 Å². The lowest BCUT2D eigenvalue weighted by atomic mass is 10.1. The van der Waals surface area contributed by atoms with Crippen LogP contribution < -0.4 is 4.90 Å². The van der Waals surface area contributed by atoms with Crippen LogP contribution in [0.5, 0.6) is 0 Å². The van der Waals surface area contributed by atoms with Crippen LogP contribution in [0.3, 0.4) is 0 Å². The van der Waals surface area contributed by atoms with E-state index in [4.69, 9.17) is 4.74 Å². The number of rotatable bonds is 4. The number of fused-ring (bicyclic) bond motifs is 1. The van der Waals surface area contributed by atoms with Gasteiger partial charge in [-0.25, -0.2) is 8.42 Å². The van der Waals surface area contributed by atoms with Crippen molar-refractivity contribution >= 4 is 27.1 Å². The maximum Gasteiger partial charge on any atom is 0.268 e. The molecule has 0 saturated carbocycles. The Labute approximate surface area is 164 Å². The topological polar surface area (TPSA) is 66.9 Å². The van der Waals surface area contributed by atoms with Crippen LogP contribution in [0.2, 0.25) is 0 Å². The Morgan fingerprint density at radius 3 is 2.36 bits per heavy atom. The van der Waals surface area contributed by atoms with E-state index >= 15 is 0 Å². The molecule has 4 rings (SSSR count). The Hall–Kier alpha value is -2.64. The second-order valence-corrected chi connectivity index (χ2v) is 8.52. The van der Waals surface area contributed by atoms with Gasteiger partial charge in [0.25, 0.3) is 5.91 Å². The quantitative estimate of drug-likeness (QED) is 0.792. The van der Waals surface area contributed by atoms with Crippen LogP contribution in [0.25, 0.3) is 5.70 Å². The first kappa shape index (κ1) is 18.7. The zero-order chi connectivity index (χ0) is 19.7. The Kier molecular flexibility index (Phi) is 4.95. The standard InChI is InChI=1S/C21H22N2O4S/c1-2-23(16-8-4-3-5-9-16)19-17-10-6-7-11-18(17)28(25,26)20(19)21(24)22-12-14-27-15-13-22/h3-11H,2,12-15H2,1H3. The summed E-state index contributed by atoms with van der Waals surface area (Å²) in [6, 6.07) is 16.4. The third-order valence-electron chi connectivity index (χ3n) is 5.06. The van der Waals surface area contributed by atoms with Crippen LogP contribution in [0, 0.1) is 0 Å². The van der Waals surface area contributed by atoms with Crippen molar-refractivity contribution in [3.63, 3.8) is 0 Å². The predicted molar refractivity (Wildman–Crippen MR) is 107 cm³/mol. The van der Waals surface area contributed by atoms with Gasteiger partial charge in [0.2, 0.25) is 9.84 Å². The highest BCUT2D eigenvalue weighted by Crippen LogP contribution is 2.43. The van der Waals surface area contributed by atoms with Gasteiger partial charge in [0.1, 0.15) is 0 Å². The fraction of sp³-hybridized carbons (Fsp3) is 0.286. The lowest BCUT2D eigenvalue weighted by Gasteiger charge is -2.29. The van der Waals surface area contributed by atoms with E-state index in [1.165, 1.54) is 0 Å². The monoisotopic (exact) mass is 398 g/mol. The highest BCUT2D eigenvalue weighted by molar-refractivity contribution is 7.97. The summed E-state index contributed by atoms with van der Waals surface area (Å²) in [4.78, 5) is 16.9. The fourth-order valence-corrected chi connectivity index (χ4v) is 5.49. The van der Waals surface area contributed by atoms with Gasteiger partial charge in [0.05, 0.1) is 23.8 Å². The molecule has 0 spiro atoms. The number of para-hydroxylation sites is 1. The third-order valence-corrected chi connectivity index (χ3v) is 6.90. The van der Waals surface area contributed by atoms with Crippen LogP contribution >= 0.6 is 0 Å². The number of benzene rings is 2. The van der Waals surface area contributed by atoms with Gasteiger partial charge in [0.15, 0.2) is 4.91 Å². The molecular formula is C21H22N2O4S. The van der Waals surface area contributed by atoms with Crippen molar-refractivity contribution in [1.82, 2.24) is 4.90 Å². The average Bonchev–Trinajstić information content (AvgIpc) is 2.97. The van der Waals surface area contributed by atoms with Crippen molar-refractivity contribution in [2.75, 3.05) is 37.7 Å². The minimum atomic E-state index is -3.90. The Morgan fingerprint density at radius 2 is 1.68 bits per heavy atom. The first-order valence-corrected chi connectivity index (χ1v) is 10.8. The van der Waals surface area contributed by atoms with E-state index in [2.05, 4.69) is 0 Å². The summed E-state index contributed by atoms with van der Waals surface area (Å²) in [6.07, 6.45) is 0. The first-order chi connectivity index (χ1) is 13.6. The van der Waals surface area contributed by atoms with Crippen LogP contribution in [0.4, 0.5) is 5.69 Å². The van der Waals surface area contributed by atoms with Gasteiger partial charge in [-0.1, -0.05) is 36.4 Å². The van der Waals surface area contributed by atoms with E-state index in [0.717, 1.165) is 5.69 Å². The van der Waals surface area contributed by atoms with Crippen LogP contribution in [0.15, 0.2) is 64.4 Å². The van der Waals surface area contributed by atoms with Gasteiger partial charge < -0.3 is 14.5 Å². The van der Waals surface area contributed by atoms with E-state index in [0.29, 0.717) is 44.1 Å². The Morgan fingerprint density at radius 1 is 1.04 bits per heavy atom. The van der Waals surface area contributed by atoms with Crippen LogP contribution in [-0.4, -0.2) is 52.1 Å². The second kappa shape index (κ2) is 7.41. The largest absolute Gasteiger partial charge is 0.378 e. The van der Waals surface area contributed by atoms with E-state index in [1.54, 1.807) is 29.2 Å². The molecule has 2 heterocycles. The number of sulfone groups is 1. The molecule has 2 aliphatic rings. The molecule has 0 unspecified atom stereocenters. The van der Waals surface area contributed by atoms with Crippen molar-refractivity contribution < 1.29 is 17.9 Å². The maximum absolute atomic E-state index is 13.4. The zero-order valence-corrected chi connectivity index (χ0v) is 16.5. The number of nitrogens with zero attached hydrogens (tertiary/aromatic N) is 2. The number of morpholine rings is 1. The summed E-state index contributed by atoms with van der Waals surface area (Å²) < 4.78 is 32.1. The summed E-state index contributed by atoms with van der Waals surface area (Å²) in [6.45, 7) is 4.08. The van der Waals surface area contributed by atoms with Crippen molar-refractivity contribution in [3.8, 4) is 0 Å². The molecule has 2 aromatic carbocycles. The summed E-state index contributed by atoms with van der Waals surface area (Å²) in [7, 11) is -3.90. The maximum atomic E-state index is 13.4. The van der Waals surface area contributed by atoms with Gasteiger partial charge in [-0.2, -0.15) is 0 Å². The first-order valence-electron chi connectivity index (χ1n) is 9.34. The molecule has 0 N–H and O–H groups in total. The van der Waals surface area contributed by atoms with Crippen molar-refractivity contribution in [3.05, 3.63) is 65.1 Å². The van der Waals surface area contributed by atoms with Crippen molar-refractivity contribution in [2.45, 2.75) is 11.8 Å². The normalized spacial score (nSPS) is 18.1. The predicted octanol–water partition coefficient (Wildman–Crippen LogP) is 2.53. The molecule has 7 heteroatoms. The molecule has 0 atom stereocenters. The number of hydrogen-bond donors (Lipinski definition) is 0. The lowest BCUT2D eigenvalue weighted by molar-refractivity contribution is -0.130. The molecule has 0 aromatic heterocycles. The molecule has 1 saturated heterocycles. The number of carbonyl (C=O) groups excluding carboxylic acids is 1. The van der Waals surface area contributed by atoms with E-state index in [-0.39, 0.29) is 9.80 Å². The number of ether oxygens (including phenoxy) is 1. The highest BCUT2D eigenvalue weighted by atomic mass is 32.2. The lowest BCUT2D eigenvalue weighted by Crippen LogP contribution is -2.42. The minimum absolute atomic E-state index is 0.138. The van der Waals surface area contributed by atoms with Crippen molar-refractivity contribution in [1.29, 1.82) is 0 Å².